The van der Waals surface area contributed by atoms with Crippen molar-refractivity contribution in [1.29, 1.82) is 5.26 Å². The average molecular weight is 408 g/mol. The summed E-state index contributed by atoms with van der Waals surface area (Å²) < 4.78 is 25.3. The molecule has 3 aromatic carbocycles. The Kier molecular flexibility index (Phi) is 6.54. The predicted octanol–water partition coefficient (Wildman–Crippen LogP) is 6.44. The number of ether oxygens (including phenoxy) is 2. The van der Waals surface area contributed by atoms with Crippen molar-refractivity contribution in [3.8, 4) is 17.6 Å². The number of rotatable bonds is 6. The van der Waals surface area contributed by atoms with Crippen LogP contribution in [0, 0.1) is 24.1 Å². The molecule has 0 aliphatic heterocycles. The van der Waals surface area contributed by atoms with Crippen molar-refractivity contribution in [1.82, 2.24) is 0 Å². The molecule has 0 radical (unpaired) electrons. The Balaban J connectivity index is 1.90. The first-order chi connectivity index (χ1) is 14.0. The summed E-state index contributed by atoms with van der Waals surface area (Å²) in [6.45, 7) is 2.36. The van der Waals surface area contributed by atoms with Crippen molar-refractivity contribution in [2.24, 2.45) is 0 Å². The summed E-state index contributed by atoms with van der Waals surface area (Å²) in [5.74, 6) is 0.384. The maximum Gasteiger partial charge on any atom is 0.180 e. The normalized spacial score (nSPS) is 11.1. The zero-order valence-corrected chi connectivity index (χ0v) is 16.8. The van der Waals surface area contributed by atoms with Crippen LogP contribution in [-0.2, 0) is 6.61 Å². The molecular formula is C24H19ClFNO2. The molecule has 0 spiro atoms. The molecule has 3 aromatic rings. The molecule has 3 rings (SSSR count). The van der Waals surface area contributed by atoms with E-state index in [-0.39, 0.29) is 11.1 Å². The van der Waals surface area contributed by atoms with Crippen molar-refractivity contribution in [3.63, 3.8) is 0 Å². The minimum absolute atomic E-state index is 0.189. The molecule has 3 nitrogen and oxygen atoms in total. The van der Waals surface area contributed by atoms with Gasteiger partial charge >= 0.3 is 0 Å². The van der Waals surface area contributed by atoms with Gasteiger partial charge in [0.2, 0.25) is 0 Å². The first kappa shape index (κ1) is 20.4. The third-order valence-electron chi connectivity index (χ3n) is 4.35. The Labute approximate surface area is 174 Å². The van der Waals surface area contributed by atoms with Gasteiger partial charge in [0.05, 0.1) is 23.8 Å². The average Bonchev–Trinajstić information content (AvgIpc) is 2.72. The van der Waals surface area contributed by atoms with E-state index in [0.29, 0.717) is 28.7 Å². The Morgan fingerprint density at radius 2 is 1.86 bits per heavy atom. The molecule has 0 saturated carbocycles. The third-order valence-corrected chi connectivity index (χ3v) is 4.63. The van der Waals surface area contributed by atoms with Gasteiger partial charge in [-0.25, -0.2) is 4.39 Å². The van der Waals surface area contributed by atoms with Gasteiger partial charge in [-0.05, 0) is 42.3 Å². The van der Waals surface area contributed by atoms with Crippen LogP contribution in [0.4, 0.5) is 4.39 Å². The van der Waals surface area contributed by atoms with Gasteiger partial charge in [-0.15, -0.1) is 0 Å². The molecule has 0 aliphatic rings. The lowest BCUT2D eigenvalue weighted by molar-refractivity contribution is 0.284. The molecule has 0 amide bonds. The van der Waals surface area contributed by atoms with E-state index in [9.17, 15) is 9.65 Å². The lowest BCUT2D eigenvalue weighted by Gasteiger charge is -2.14. The number of halogens is 2. The molecule has 0 heterocycles. The van der Waals surface area contributed by atoms with Crippen LogP contribution in [0.5, 0.6) is 11.5 Å². The van der Waals surface area contributed by atoms with Gasteiger partial charge in [0.25, 0.3) is 0 Å². The number of nitrogens with zero attached hydrogens (tertiary/aromatic N) is 1. The highest BCUT2D eigenvalue weighted by Gasteiger charge is 2.13. The molecule has 0 aromatic heterocycles. The topological polar surface area (TPSA) is 42.2 Å². The number of hydrogen-bond donors (Lipinski definition) is 0. The molecule has 0 fully saturated rings. The van der Waals surface area contributed by atoms with Crippen LogP contribution < -0.4 is 9.47 Å². The Morgan fingerprint density at radius 3 is 2.52 bits per heavy atom. The highest BCUT2D eigenvalue weighted by atomic mass is 35.5. The van der Waals surface area contributed by atoms with Gasteiger partial charge in [0.15, 0.2) is 11.5 Å². The number of allylic oxidation sites excluding steroid dienone is 1. The second-order valence-electron chi connectivity index (χ2n) is 6.46. The van der Waals surface area contributed by atoms with Crippen LogP contribution in [0.25, 0.3) is 11.6 Å². The third kappa shape index (κ3) is 4.96. The number of nitriles is 1. The van der Waals surface area contributed by atoms with E-state index in [4.69, 9.17) is 21.1 Å². The Hall–Kier alpha value is -3.29. The van der Waals surface area contributed by atoms with Gasteiger partial charge in [-0.3, -0.25) is 0 Å². The van der Waals surface area contributed by atoms with E-state index in [1.807, 2.05) is 37.3 Å². The summed E-state index contributed by atoms with van der Waals surface area (Å²) in [5, 5.41) is 9.81. The minimum atomic E-state index is -0.462. The summed E-state index contributed by atoms with van der Waals surface area (Å²) >= 11 is 6.42. The van der Waals surface area contributed by atoms with E-state index in [0.717, 1.165) is 5.56 Å². The van der Waals surface area contributed by atoms with Crippen molar-refractivity contribution < 1.29 is 13.9 Å². The van der Waals surface area contributed by atoms with Crippen LogP contribution in [-0.4, -0.2) is 7.11 Å². The van der Waals surface area contributed by atoms with Crippen LogP contribution in [0.15, 0.2) is 60.7 Å². The van der Waals surface area contributed by atoms with Crippen LogP contribution in [0.3, 0.4) is 0 Å². The Morgan fingerprint density at radius 1 is 1.14 bits per heavy atom. The van der Waals surface area contributed by atoms with E-state index >= 15 is 0 Å². The van der Waals surface area contributed by atoms with Crippen LogP contribution in [0.1, 0.15) is 22.3 Å². The maximum atomic E-state index is 14.0. The van der Waals surface area contributed by atoms with E-state index < -0.39 is 5.82 Å². The van der Waals surface area contributed by atoms with Gasteiger partial charge in [0, 0.05) is 5.56 Å². The summed E-state index contributed by atoms with van der Waals surface area (Å²) in [5.41, 5.74) is 3.20. The second kappa shape index (κ2) is 9.27. The molecule has 0 bridgehead atoms. The van der Waals surface area contributed by atoms with Gasteiger partial charge in [-0.1, -0.05) is 59.6 Å². The molecule has 0 saturated heterocycles. The molecule has 146 valence electrons. The number of methoxy groups -OCH3 is 1. The zero-order valence-electron chi connectivity index (χ0n) is 16.1. The first-order valence-corrected chi connectivity index (χ1v) is 9.32. The van der Waals surface area contributed by atoms with Crippen molar-refractivity contribution >= 4 is 23.3 Å². The molecule has 5 heteroatoms. The van der Waals surface area contributed by atoms with E-state index in [1.165, 1.54) is 18.7 Å². The van der Waals surface area contributed by atoms with Gasteiger partial charge in [-0.2, -0.15) is 5.26 Å². The van der Waals surface area contributed by atoms with Crippen molar-refractivity contribution in [3.05, 3.63) is 93.8 Å². The quantitative estimate of drug-likeness (QED) is 0.349. The first-order valence-electron chi connectivity index (χ1n) is 8.94. The fraction of sp³-hybridized carbons (Fsp3) is 0.125. The number of benzene rings is 3. The number of aryl methyl sites for hydroxylation is 1. The number of hydrogen-bond acceptors (Lipinski definition) is 3. The molecular weight excluding hydrogens is 389 g/mol. The van der Waals surface area contributed by atoms with E-state index in [1.54, 1.807) is 36.4 Å². The molecule has 0 N–H and O–H groups in total. The minimum Gasteiger partial charge on any atom is -0.493 e. The molecule has 0 aliphatic carbocycles. The highest BCUT2D eigenvalue weighted by Crippen LogP contribution is 2.38. The standard InChI is InChI=1S/C24H19ClFNO2/c1-16-7-9-17(10-8-16)15-29-24-21(25)12-18(13-23(24)28-2)11-19(14-27)20-5-3-4-6-22(20)26/h3-13H,15H2,1-2H3. The van der Waals surface area contributed by atoms with Gasteiger partial charge < -0.3 is 9.47 Å². The zero-order chi connectivity index (χ0) is 20.8. The summed E-state index contributed by atoms with van der Waals surface area (Å²) in [4.78, 5) is 0. The van der Waals surface area contributed by atoms with Crippen LogP contribution >= 0.6 is 11.6 Å². The highest BCUT2D eigenvalue weighted by molar-refractivity contribution is 6.32. The second-order valence-corrected chi connectivity index (χ2v) is 6.87. The fourth-order valence-electron chi connectivity index (χ4n) is 2.82. The van der Waals surface area contributed by atoms with E-state index in [2.05, 4.69) is 0 Å². The van der Waals surface area contributed by atoms with Crippen molar-refractivity contribution in [2.45, 2.75) is 13.5 Å². The molecule has 29 heavy (non-hydrogen) atoms. The van der Waals surface area contributed by atoms with Crippen LogP contribution in [0.2, 0.25) is 5.02 Å². The molecule has 0 unspecified atom stereocenters. The lowest BCUT2D eigenvalue weighted by atomic mass is 10.0. The monoisotopic (exact) mass is 407 g/mol. The van der Waals surface area contributed by atoms with Crippen molar-refractivity contribution in [2.75, 3.05) is 7.11 Å². The summed E-state index contributed by atoms with van der Waals surface area (Å²) in [6, 6.07) is 19.5. The maximum absolute atomic E-state index is 14.0. The Bertz CT molecular complexity index is 1090. The largest absolute Gasteiger partial charge is 0.493 e. The predicted molar refractivity (Wildman–Crippen MR) is 113 cm³/mol. The van der Waals surface area contributed by atoms with Gasteiger partial charge in [0.1, 0.15) is 12.4 Å². The lowest BCUT2D eigenvalue weighted by Crippen LogP contribution is -1.99. The smallest absolute Gasteiger partial charge is 0.180 e. The summed E-state index contributed by atoms with van der Waals surface area (Å²) in [7, 11) is 1.51. The summed E-state index contributed by atoms with van der Waals surface area (Å²) in [6.07, 6.45) is 1.57. The SMILES string of the molecule is COc1cc(C=C(C#N)c2ccccc2F)cc(Cl)c1OCc1ccc(C)cc1. The molecule has 0 atom stereocenters. The fourth-order valence-corrected chi connectivity index (χ4v) is 3.09.